The highest BCUT2D eigenvalue weighted by Crippen LogP contribution is 2.27. The number of morpholine rings is 1. The summed E-state index contributed by atoms with van der Waals surface area (Å²) < 4.78 is 12.3. The van der Waals surface area contributed by atoms with Gasteiger partial charge >= 0.3 is 0 Å². The molecule has 31 heavy (non-hydrogen) atoms. The molecule has 0 saturated carbocycles. The average molecular weight is 461 g/mol. The Morgan fingerprint density at radius 3 is 2.87 bits per heavy atom. The van der Waals surface area contributed by atoms with Crippen LogP contribution in [0.2, 0.25) is 5.02 Å². The second-order valence-corrected chi connectivity index (χ2v) is 10.1. The van der Waals surface area contributed by atoms with Crippen LogP contribution in [0, 0.1) is 0 Å². The van der Waals surface area contributed by atoms with Gasteiger partial charge in [-0.2, -0.15) is 0 Å². The maximum atomic E-state index is 6.24. The number of halogens is 1. The molecule has 4 rings (SSSR count). The molecule has 0 aromatic heterocycles. The molecule has 2 saturated heterocycles. The van der Waals surface area contributed by atoms with Gasteiger partial charge in [-0.05, 0) is 48.2 Å². The van der Waals surface area contributed by atoms with Crippen molar-refractivity contribution in [1.29, 1.82) is 0 Å². The normalized spacial score (nSPS) is 23.0. The minimum Gasteiger partial charge on any atom is -0.492 e. The van der Waals surface area contributed by atoms with Gasteiger partial charge in [0.15, 0.2) is 0 Å². The van der Waals surface area contributed by atoms with Gasteiger partial charge in [0.25, 0.3) is 0 Å². The lowest BCUT2D eigenvalue weighted by molar-refractivity contribution is -0.0521. The maximum Gasteiger partial charge on any atom is 0.119 e. The van der Waals surface area contributed by atoms with Crippen LogP contribution in [0.4, 0.5) is 0 Å². The predicted octanol–water partition coefficient (Wildman–Crippen LogP) is 5.17. The van der Waals surface area contributed by atoms with Gasteiger partial charge in [0.1, 0.15) is 12.4 Å². The molecule has 2 aromatic carbocycles. The summed E-state index contributed by atoms with van der Waals surface area (Å²) in [5.41, 5.74) is 2.54. The summed E-state index contributed by atoms with van der Waals surface area (Å²) in [6.07, 6.45) is 3.44. The molecule has 2 aliphatic rings. The Hall–Kier alpha value is -1.24. The molecular formula is C25H33ClN2O2S. The molecule has 2 fully saturated rings. The third-order valence-electron chi connectivity index (χ3n) is 6.08. The van der Waals surface area contributed by atoms with Gasteiger partial charge in [-0.15, -0.1) is 11.8 Å². The number of thioether (sulfide) groups is 1. The highest BCUT2D eigenvalue weighted by Gasteiger charge is 2.27. The monoisotopic (exact) mass is 460 g/mol. The summed E-state index contributed by atoms with van der Waals surface area (Å²) in [4.78, 5) is 2.53. The zero-order valence-electron chi connectivity index (χ0n) is 18.3. The summed E-state index contributed by atoms with van der Waals surface area (Å²) in [5.74, 6) is 2.03. The Kier molecular flexibility index (Phi) is 8.56. The first-order valence-electron chi connectivity index (χ1n) is 11.4. The lowest BCUT2D eigenvalue weighted by Crippen LogP contribution is -2.47. The van der Waals surface area contributed by atoms with E-state index in [1.807, 2.05) is 30.0 Å². The van der Waals surface area contributed by atoms with E-state index >= 15 is 0 Å². The van der Waals surface area contributed by atoms with E-state index in [1.54, 1.807) is 0 Å². The van der Waals surface area contributed by atoms with Crippen LogP contribution >= 0.6 is 23.4 Å². The molecule has 3 unspecified atom stereocenters. The standard InChI is InChI=1S/C25H33ClN2O2S/c1-2-4-22(28-11-12-29-25(16-28)20-5-3-6-21(26)14-20)17-30-23-9-7-19(8-10-23)13-24-15-27-18-31-24/h3,5-10,14,22,24-25,27H,2,4,11-13,15-18H2,1H3. The van der Waals surface area contributed by atoms with Gasteiger partial charge in [0, 0.05) is 41.8 Å². The van der Waals surface area contributed by atoms with Crippen LogP contribution in [0.25, 0.3) is 0 Å². The fourth-order valence-electron chi connectivity index (χ4n) is 4.38. The summed E-state index contributed by atoms with van der Waals surface area (Å²) in [7, 11) is 0. The van der Waals surface area contributed by atoms with Crippen molar-refractivity contribution in [3.63, 3.8) is 0 Å². The van der Waals surface area contributed by atoms with E-state index in [0.717, 1.165) is 67.7 Å². The molecule has 168 valence electrons. The predicted molar refractivity (Wildman–Crippen MR) is 130 cm³/mol. The first kappa shape index (κ1) is 22.9. The number of hydrogen-bond acceptors (Lipinski definition) is 5. The largest absolute Gasteiger partial charge is 0.492 e. The van der Waals surface area contributed by atoms with Crippen molar-refractivity contribution < 1.29 is 9.47 Å². The highest BCUT2D eigenvalue weighted by molar-refractivity contribution is 8.00. The van der Waals surface area contributed by atoms with E-state index in [2.05, 4.69) is 47.5 Å². The Morgan fingerprint density at radius 1 is 1.26 bits per heavy atom. The molecular weight excluding hydrogens is 428 g/mol. The molecule has 0 spiro atoms. The van der Waals surface area contributed by atoms with Crippen LogP contribution in [0.5, 0.6) is 5.75 Å². The minimum atomic E-state index is 0.0639. The van der Waals surface area contributed by atoms with Crippen molar-refractivity contribution in [2.24, 2.45) is 0 Å². The van der Waals surface area contributed by atoms with E-state index < -0.39 is 0 Å². The molecule has 0 aliphatic carbocycles. The van der Waals surface area contributed by atoms with E-state index in [-0.39, 0.29) is 6.10 Å². The molecule has 6 heteroatoms. The van der Waals surface area contributed by atoms with Crippen LogP contribution in [0.1, 0.15) is 37.0 Å². The number of benzene rings is 2. The Bertz CT molecular complexity index is 813. The van der Waals surface area contributed by atoms with Gasteiger partial charge in [-0.1, -0.05) is 49.2 Å². The second kappa shape index (κ2) is 11.6. The van der Waals surface area contributed by atoms with Crippen molar-refractivity contribution in [3.8, 4) is 5.75 Å². The molecule has 2 aromatic rings. The lowest BCUT2D eigenvalue weighted by Gasteiger charge is -2.38. The van der Waals surface area contributed by atoms with Gasteiger partial charge in [-0.25, -0.2) is 0 Å². The Labute approximate surface area is 195 Å². The molecule has 2 heterocycles. The van der Waals surface area contributed by atoms with Crippen LogP contribution in [-0.4, -0.2) is 54.9 Å². The number of hydrogen-bond donors (Lipinski definition) is 1. The SMILES string of the molecule is CCCC(COc1ccc(CC2CNCS2)cc1)N1CCOC(c2cccc(Cl)c2)C1. The first-order chi connectivity index (χ1) is 15.2. The topological polar surface area (TPSA) is 33.7 Å². The fourth-order valence-corrected chi connectivity index (χ4v) is 5.59. The van der Waals surface area contributed by atoms with Crippen molar-refractivity contribution in [1.82, 2.24) is 10.2 Å². The number of rotatable bonds is 9. The zero-order valence-corrected chi connectivity index (χ0v) is 19.8. The van der Waals surface area contributed by atoms with Crippen LogP contribution in [0.3, 0.4) is 0 Å². The van der Waals surface area contributed by atoms with Crippen LogP contribution in [-0.2, 0) is 11.2 Å². The highest BCUT2D eigenvalue weighted by atomic mass is 35.5. The second-order valence-electron chi connectivity index (χ2n) is 8.40. The van der Waals surface area contributed by atoms with Gasteiger partial charge in [0.2, 0.25) is 0 Å². The zero-order chi connectivity index (χ0) is 21.5. The van der Waals surface area contributed by atoms with E-state index in [4.69, 9.17) is 21.1 Å². The molecule has 3 atom stereocenters. The summed E-state index contributed by atoms with van der Waals surface area (Å²) >= 11 is 8.21. The molecule has 0 bridgehead atoms. The van der Waals surface area contributed by atoms with E-state index in [0.29, 0.717) is 17.9 Å². The average Bonchev–Trinajstić information content (AvgIpc) is 3.31. The number of ether oxygens (including phenoxy) is 2. The summed E-state index contributed by atoms with van der Waals surface area (Å²) in [5, 5.41) is 4.87. The summed E-state index contributed by atoms with van der Waals surface area (Å²) in [6.45, 7) is 6.61. The van der Waals surface area contributed by atoms with E-state index in [1.165, 1.54) is 5.56 Å². The molecule has 4 nitrogen and oxygen atoms in total. The van der Waals surface area contributed by atoms with E-state index in [9.17, 15) is 0 Å². The number of nitrogens with zero attached hydrogens (tertiary/aromatic N) is 1. The van der Waals surface area contributed by atoms with Crippen LogP contribution in [0.15, 0.2) is 48.5 Å². The number of nitrogens with one attached hydrogen (secondary N) is 1. The van der Waals surface area contributed by atoms with Gasteiger partial charge in [-0.3, -0.25) is 4.90 Å². The quantitative estimate of drug-likeness (QED) is 0.558. The van der Waals surface area contributed by atoms with Crippen molar-refractivity contribution in [3.05, 3.63) is 64.7 Å². The van der Waals surface area contributed by atoms with Gasteiger partial charge in [0.05, 0.1) is 12.7 Å². The lowest BCUT2D eigenvalue weighted by atomic mass is 10.0. The molecule has 0 radical (unpaired) electrons. The first-order valence-corrected chi connectivity index (χ1v) is 12.8. The molecule has 2 aliphatic heterocycles. The van der Waals surface area contributed by atoms with Crippen molar-refractivity contribution >= 4 is 23.4 Å². The molecule has 0 amide bonds. The maximum absolute atomic E-state index is 6.24. The fraction of sp³-hybridized carbons (Fsp3) is 0.520. The minimum absolute atomic E-state index is 0.0639. The Balaban J connectivity index is 1.32. The summed E-state index contributed by atoms with van der Waals surface area (Å²) in [6, 6.07) is 17.1. The van der Waals surface area contributed by atoms with Crippen molar-refractivity contribution in [2.75, 3.05) is 38.7 Å². The Morgan fingerprint density at radius 2 is 2.13 bits per heavy atom. The smallest absolute Gasteiger partial charge is 0.119 e. The third kappa shape index (κ3) is 6.62. The third-order valence-corrected chi connectivity index (χ3v) is 7.49. The van der Waals surface area contributed by atoms with Crippen LogP contribution < -0.4 is 10.1 Å². The van der Waals surface area contributed by atoms with Gasteiger partial charge < -0.3 is 14.8 Å². The van der Waals surface area contributed by atoms with Crippen molar-refractivity contribution in [2.45, 2.75) is 43.6 Å². The molecule has 1 N–H and O–H groups in total.